The van der Waals surface area contributed by atoms with Gasteiger partial charge in [0, 0.05) is 12.8 Å². The Kier molecular flexibility index (Phi) is 33.2. The van der Waals surface area contributed by atoms with E-state index >= 15 is 0 Å². The number of carbonyl (C=O) groups is 2. The number of aliphatic hydroxyl groups is 4. The first kappa shape index (κ1) is 50.7. The van der Waals surface area contributed by atoms with E-state index < -0.39 is 55.4 Å². The van der Waals surface area contributed by atoms with Crippen LogP contribution in [0, 0.1) is 0 Å². The molecule has 6 atom stereocenters. The van der Waals surface area contributed by atoms with Crippen molar-refractivity contribution in [3.8, 4) is 0 Å². The topological polar surface area (TPSA) is 152 Å². The predicted molar refractivity (Wildman–Crippen MR) is 219 cm³/mol. The zero-order chi connectivity index (χ0) is 40.2. The number of hydrogen-bond acceptors (Lipinski definition) is 10. The summed E-state index contributed by atoms with van der Waals surface area (Å²) in [6.45, 7) is 3.34. The maximum Gasteiger partial charge on any atom is 0.306 e. The molecule has 1 aliphatic heterocycles. The molecular weight excluding hydrogens is 700 g/mol. The van der Waals surface area contributed by atoms with E-state index in [4.69, 9.17) is 18.9 Å². The first-order valence-corrected chi connectivity index (χ1v) is 21.7. The highest BCUT2D eigenvalue weighted by Crippen LogP contribution is 2.22. The first-order valence-electron chi connectivity index (χ1n) is 21.7. The van der Waals surface area contributed by atoms with Crippen LogP contribution < -0.4 is 0 Å². The lowest BCUT2D eigenvalue weighted by molar-refractivity contribution is -0.305. The number of aliphatic hydroxyl groups excluding tert-OH is 4. The molecule has 0 bridgehead atoms. The molecule has 0 amide bonds. The lowest BCUT2D eigenvalue weighted by Gasteiger charge is -2.39. The number of allylic oxidation sites excluding steroid dienone is 8. The normalized spacial score (nSPS) is 21.0. The van der Waals surface area contributed by atoms with Crippen molar-refractivity contribution < 1.29 is 49.0 Å². The molecule has 0 aromatic heterocycles. The summed E-state index contributed by atoms with van der Waals surface area (Å²) in [6.07, 6.45) is 34.0. The first-order chi connectivity index (χ1) is 26.8. The summed E-state index contributed by atoms with van der Waals surface area (Å²) >= 11 is 0. The third-order valence-electron chi connectivity index (χ3n) is 9.72. The second-order valence-corrected chi connectivity index (χ2v) is 14.8. The van der Waals surface area contributed by atoms with Gasteiger partial charge < -0.3 is 39.4 Å². The van der Waals surface area contributed by atoms with Gasteiger partial charge in [0.2, 0.25) is 0 Å². The third-order valence-corrected chi connectivity index (χ3v) is 9.72. The highest BCUT2D eigenvalue weighted by Gasteiger charge is 2.44. The van der Waals surface area contributed by atoms with Gasteiger partial charge in [0.25, 0.3) is 0 Å². The molecule has 2 unspecified atom stereocenters. The van der Waals surface area contributed by atoms with Crippen molar-refractivity contribution in [2.24, 2.45) is 0 Å². The summed E-state index contributed by atoms with van der Waals surface area (Å²) < 4.78 is 22.1. The number of unbranched alkanes of at least 4 members (excludes halogenated alkanes) is 16. The van der Waals surface area contributed by atoms with Crippen LogP contribution in [0.5, 0.6) is 0 Å². The van der Waals surface area contributed by atoms with E-state index in [-0.39, 0.29) is 26.1 Å². The Morgan fingerprint density at radius 2 is 1.02 bits per heavy atom. The Bertz CT molecular complexity index is 1040. The van der Waals surface area contributed by atoms with E-state index in [1.54, 1.807) is 0 Å². The SMILES string of the molecule is CCCCC/C=C/C/C=C/C/C=C/C/C=C/CCCCCC(=O)OC[C@@H](CO[C@H]1O[C@@H](CO)[C@@H](O)C(O)C1O)OC(=O)CCCCCCCCCCCCC. The Morgan fingerprint density at radius 1 is 0.564 bits per heavy atom. The van der Waals surface area contributed by atoms with Crippen LogP contribution in [0.1, 0.15) is 168 Å². The van der Waals surface area contributed by atoms with Crippen LogP contribution in [0.4, 0.5) is 0 Å². The molecule has 1 heterocycles. The summed E-state index contributed by atoms with van der Waals surface area (Å²) in [7, 11) is 0. The van der Waals surface area contributed by atoms with E-state index in [2.05, 4.69) is 62.5 Å². The molecule has 0 aromatic carbocycles. The Hall–Kier alpha value is -2.34. The molecule has 318 valence electrons. The molecule has 0 saturated carbocycles. The van der Waals surface area contributed by atoms with Crippen LogP contribution in [-0.4, -0.2) is 89.0 Å². The fourth-order valence-electron chi connectivity index (χ4n) is 6.23. The van der Waals surface area contributed by atoms with Gasteiger partial charge in [-0.25, -0.2) is 0 Å². The second-order valence-electron chi connectivity index (χ2n) is 14.8. The molecule has 10 nitrogen and oxygen atoms in total. The highest BCUT2D eigenvalue weighted by atomic mass is 16.7. The van der Waals surface area contributed by atoms with Gasteiger partial charge in [0.1, 0.15) is 31.0 Å². The van der Waals surface area contributed by atoms with Crippen molar-refractivity contribution >= 4 is 11.9 Å². The Morgan fingerprint density at radius 3 is 1.56 bits per heavy atom. The van der Waals surface area contributed by atoms with Gasteiger partial charge in [-0.1, -0.05) is 146 Å². The summed E-state index contributed by atoms with van der Waals surface area (Å²) in [6, 6.07) is 0. The van der Waals surface area contributed by atoms with E-state index in [0.29, 0.717) is 12.8 Å². The molecule has 1 saturated heterocycles. The second kappa shape index (κ2) is 36.0. The summed E-state index contributed by atoms with van der Waals surface area (Å²) in [5.74, 6) is -0.844. The zero-order valence-corrected chi connectivity index (χ0v) is 34.4. The molecule has 10 heteroatoms. The monoisotopic (exact) mass is 779 g/mol. The molecular formula is C45H78O10. The fraction of sp³-hybridized carbons (Fsp3) is 0.778. The Labute approximate surface area is 333 Å². The van der Waals surface area contributed by atoms with Crippen molar-refractivity contribution in [3.05, 3.63) is 48.6 Å². The van der Waals surface area contributed by atoms with Crippen LogP contribution in [-0.2, 0) is 28.5 Å². The number of ether oxygens (including phenoxy) is 4. The number of hydrogen-bond donors (Lipinski definition) is 4. The van der Waals surface area contributed by atoms with Gasteiger partial charge >= 0.3 is 11.9 Å². The van der Waals surface area contributed by atoms with Crippen LogP contribution in [0.2, 0.25) is 0 Å². The predicted octanol–water partition coefficient (Wildman–Crippen LogP) is 8.88. The minimum absolute atomic E-state index is 0.223. The molecule has 1 rings (SSSR count). The lowest BCUT2D eigenvalue weighted by Crippen LogP contribution is -2.59. The van der Waals surface area contributed by atoms with Crippen LogP contribution in [0.25, 0.3) is 0 Å². The molecule has 0 aliphatic carbocycles. The summed E-state index contributed by atoms with van der Waals surface area (Å²) in [5, 5.41) is 40.0. The van der Waals surface area contributed by atoms with Crippen molar-refractivity contribution in [1.29, 1.82) is 0 Å². The average Bonchev–Trinajstić information content (AvgIpc) is 3.18. The molecule has 4 N–H and O–H groups in total. The van der Waals surface area contributed by atoms with E-state index in [1.807, 2.05) is 0 Å². The molecule has 0 radical (unpaired) electrons. The number of rotatable bonds is 35. The van der Waals surface area contributed by atoms with Crippen molar-refractivity contribution in [3.63, 3.8) is 0 Å². The smallest absolute Gasteiger partial charge is 0.306 e. The molecule has 1 fully saturated rings. The number of carbonyl (C=O) groups excluding carboxylic acids is 2. The standard InChI is InChI=1S/C45H78O10/c1-3-5-7-9-11-13-15-16-17-18-19-20-21-22-24-25-27-29-31-33-40(47)52-36-38(37-53-45-44(51)43(50)42(49)39(35-46)55-45)54-41(48)34-32-30-28-26-23-14-12-10-8-6-4-2/h11,13,16-17,19-20,22,24,38-39,42-46,49-51H,3-10,12,14-15,18,21,23,25-37H2,1-2H3/b13-11+,17-16+,20-19+,24-22+/t38-,39-,42+,43?,44?,45-/m0/s1. The van der Waals surface area contributed by atoms with E-state index in [9.17, 15) is 30.0 Å². The quantitative estimate of drug-likeness (QED) is 0.0279. The minimum atomic E-state index is -1.60. The third kappa shape index (κ3) is 27.8. The van der Waals surface area contributed by atoms with Crippen LogP contribution in [0.15, 0.2) is 48.6 Å². The van der Waals surface area contributed by atoms with Gasteiger partial charge in [-0.15, -0.1) is 0 Å². The average molecular weight is 779 g/mol. The van der Waals surface area contributed by atoms with Gasteiger partial charge in [-0.05, 0) is 57.8 Å². The van der Waals surface area contributed by atoms with E-state index in [1.165, 1.54) is 70.6 Å². The van der Waals surface area contributed by atoms with Gasteiger partial charge in [0.15, 0.2) is 12.4 Å². The van der Waals surface area contributed by atoms with Gasteiger partial charge in [0.05, 0.1) is 13.2 Å². The summed E-state index contributed by atoms with van der Waals surface area (Å²) in [5.41, 5.74) is 0. The largest absolute Gasteiger partial charge is 0.462 e. The number of esters is 2. The van der Waals surface area contributed by atoms with Crippen LogP contribution >= 0.6 is 0 Å². The van der Waals surface area contributed by atoms with Gasteiger partial charge in [-0.2, -0.15) is 0 Å². The summed E-state index contributed by atoms with van der Waals surface area (Å²) in [4.78, 5) is 25.2. The van der Waals surface area contributed by atoms with Crippen LogP contribution in [0.3, 0.4) is 0 Å². The maximum absolute atomic E-state index is 12.7. The molecule has 0 aromatic rings. The molecule has 0 spiro atoms. The minimum Gasteiger partial charge on any atom is -0.462 e. The molecule has 55 heavy (non-hydrogen) atoms. The zero-order valence-electron chi connectivity index (χ0n) is 34.4. The van der Waals surface area contributed by atoms with Gasteiger partial charge in [-0.3, -0.25) is 9.59 Å². The lowest BCUT2D eigenvalue weighted by atomic mass is 9.99. The van der Waals surface area contributed by atoms with Crippen molar-refractivity contribution in [2.75, 3.05) is 19.8 Å². The maximum atomic E-state index is 12.7. The highest BCUT2D eigenvalue weighted by molar-refractivity contribution is 5.70. The van der Waals surface area contributed by atoms with Crippen molar-refractivity contribution in [1.82, 2.24) is 0 Å². The molecule has 1 aliphatic rings. The Balaban J connectivity index is 2.36. The fourth-order valence-corrected chi connectivity index (χ4v) is 6.23. The van der Waals surface area contributed by atoms with Crippen molar-refractivity contribution in [2.45, 2.75) is 205 Å². The van der Waals surface area contributed by atoms with E-state index in [0.717, 1.165) is 57.8 Å².